The SMILES string of the molecule is CC(C)(COP(=O)(O)OP(=O)(O)OC[C@H]1O[C@@H](n2cnc3c(N)ncnc32)[C@H](O)[C@@H]1OP(=O)(O)O)[C@@H](O)C(=O)NCCC(=O)NCCCC(=O)CCC(=O)O. The monoisotopic (exact) mass is 849 g/mol. The molecule has 2 unspecified atom stereocenters. The minimum absolute atomic E-state index is 0.0203. The summed E-state index contributed by atoms with van der Waals surface area (Å²) in [5.74, 6) is -2.94. The topological polar surface area (TPSA) is 401 Å². The van der Waals surface area contributed by atoms with Crippen LogP contribution in [-0.2, 0) is 55.5 Å². The molecule has 11 N–H and O–H groups in total. The summed E-state index contributed by atoms with van der Waals surface area (Å²) in [4.78, 5) is 97.4. The Morgan fingerprint density at radius 2 is 1.65 bits per heavy atom. The second kappa shape index (κ2) is 19.2. The standard InChI is InChI=1S/C26H42N7O19P3/c1-26(2,21(39)24(40)29-9-7-16(35)28-8-3-4-14(34)5-6-17(36)37)11-49-55(46,47)52-54(44,45)48-10-15-20(51-53(41,42)43)19(38)25(50-15)33-13-32-18-22(27)30-12-31-23(18)33/h12-13,15,19-21,25,38-39H,3-11H2,1-2H3,(H,28,35)(H,29,40)(H,36,37)(H,44,45)(H,46,47)(H2,27,30,31)(H2,41,42,43)/t15-,19-,20-,21+,25-/m1/s1. The fourth-order valence-electron chi connectivity index (χ4n) is 4.82. The van der Waals surface area contributed by atoms with Crippen molar-refractivity contribution >= 4 is 64.0 Å². The number of aliphatic carboxylic acids is 1. The highest BCUT2D eigenvalue weighted by molar-refractivity contribution is 7.61. The summed E-state index contributed by atoms with van der Waals surface area (Å²) in [5, 5.41) is 34.8. The molecule has 3 heterocycles. The highest BCUT2D eigenvalue weighted by Gasteiger charge is 2.50. The van der Waals surface area contributed by atoms with Gasteiger partial charge in [-0.15, -0.1) is 0 Å². The summed E-state index contributed by atoms with van der Waals surface area (Å²) in [5.41, 5.74) is 4.20. The zero-order valence-electron chi connectivity index (χ0n) is 29.1. The Morgan fingerprint density at radius 3 is 2.31 bits per heavy atom. The number of aromatic nitrogens is 4. The maximum atomic E-state index is 12.6. The predicted molar refractivity (Wildman–Crippen MR) is 181 cm³/mol. The number of nitrogens with one attached hydrogen (secondary N) is 2. The molecule has 7 atom stereocenters. The molecule has 0 spiro atoms. The first-order chi connectivity index (χ1) is 25.4. The number of imidazole rings is 1. The molecule has 2 amide bonds. The molecule has 2 aromatic rings. The number of aliphatic hydroxyl groups excluding tert-OH is 2. The molecule has 3 rings (SSSR count). The highest BCUT2D eigenvalue weighted by Crippen LogP contribution is 2.61. The van der Waals surface area contributed by atoms with Crippen molar-refractivity contribution in [2.75, 3.05) is 32.0 Å². The third-order valence-corrected chi connectivity index (χ3v) is 10.7. The number of carboxylic acids is 1. The highest BCUT2D eigenvalue weighted by atomic mass is 31.3. The van der Waals surface area contributed by atoms with Gasteiger partial charge in [-0.25, -0.2) is 28.6 Å². The van der Waals surface area contributed by atoms with Gasteiger partial charge in [-0.2, -0.15) is 4.31 Å². The van der Waals surface area contributed by atoms with E-state index >= 15 is 0 Å². The van der Waals surface area contributed by atoms with Crippen LogP contribution >= 0.6 is 23.5 Å². The number of carboxylic acid groups (broad SMARTS) is 1. The molecular weight excluding hydrogens is 807 g/mol. The average molecular weight is 850 g/mol. The van der Waals surface area contributed by atoms with E-state index in [0.717, 1.165) is 17.2 Å². The van der Waals surface area contributed by atoms with Crippen LogP contribution in [0.4, 0.5) is 5.82 Å². The minimum atomic E-state index is -5.58. The van der Waals surface area contributed by atoms with Gasteiger partial charge < -0.3 is 56.0 Å². The van der Waals surface area contributed by atoms with E-state index < -0.39 is 90.5 Å². The largest absolute Gasteiger partial charge is 0.481 e. The van der Waals surface area contributed by atoms with Crippen molar-refractivity contribution in [2.24, 2.45) is 5.41 Å². The van der Waals surface area contributed by atoms with E-state index in [9.17, 15) is 62.7 Å². The van der Waals surface area contributed by atoms with Crippen molar-refractivity contribution in [3.8, 4) is 0 Å². The predicted octanol–water partition coefficient (Wildman–Crippen LogP) is -1.38. The first-order valence-corrected chi connectivity index (χ1v) is 20.6. The molecule has 29 heteroatoms. The van der Waals surface area contributed by atoms with Crippen molar-refractivity contribution in [2.45, 2.75) is 76.6 Å². The van der Waals surface area contributed by atoms with Gasteiger partial charge in [0.2, 0.25) is 11.8 Å². The molecule has 1 saturated heterocycles. The number of ether oxygens (including phenoxy) is 1. The van der Waals surface area contributed by atoms with Gasteiger partial charge in [0.1, 0.15) is 42.0 Å². The molecule has 310 valence electrons. The quantitative estimate of drug-likeness (QED) is 0.0455. The maximum absolute atomic E-state index is 12.6. The molecule has 1 aliphatic rings. The summed E-state index contributed by atoms with van der Waals surface area (Å²) in [6.45, 7) is 0.265. The van der Waals surface area contributed by atoms with Gasteiger partial charge >= 0.3 is 29.4 Å². The molecule has 0 aliphatic carbocycles. The number of nitrogens with two attached hydrogens (primary N) is 1. The van der Waals surface area contributed by atoms with Gasteiger partial charge in [0.05, 0.1) is 26.0 Å². The fraction of sp³-hybridized carbons (Fsp3) is 0.654. The van der Waals surface area contributed by atoms with Gasteiger partial charge in [-0.1, -0.05) is 13.8 Å². The molecule has 26 nitrogen and oxygen atoms in total. The van der Waals surface area contributed by atoms with Crippen molar-refractivity contribution in [1.82, 2.24) is 30.2 Å². The summed E-state index contributed by atoms with van der Waals surface area (Å²) in [7, 11) is -16.4. The number of amides is 2. The number of carbonyl (C=O) groups excluding carboxylic acids is 3. The van der Waals surface area contributed by atoms with Crippen LogP contribution < -0.4 is 16.4 Å². The molecule has 0 aromatic carbocycles. The number of ketones is 1. The van der Waals surface area contributed by atoms with Crippen molar-refractivity contribution in [3.63, 3.8) is 0 Å². The van der Waals surface area contributed by atoms with Crippen LogP contribution in [0.5, 0.6) is 0 Å². The average Bonchev–Trinajstić information content (AvgIpc) is 3.63. The number of aliphatic hydroxyl groups is 2. The number of carbonyl (C=O) groups is 4. The zero-order valence-corrected chi connectivity index (χ0v) is 31.8. The van der Waals surface area contributed by atoms with E-state index in [0.29, 0.717) is 0 Å². The van der Waals surface area contributed by atoms with Gasteiger partial charge in [0.25, 0.3) is 0 Å². The Morgan fingerprint density at radius 1 is 0.982 bits per heavy atom. The number of nitrogen functional groups attached to an aromatic ring is 1. The lowest BCUT2D eigenvalue weighted by Gasteiger charge is -2.30. The van der Waals surface area contributed by atoms with Crippen LogP contribution in [0, 0.1) is 5.41 Å². The van der Waals surface area contributed by atoms with E-state index in [2.05, 4.69) is 34.4 Å². The number of anilines is 1. The van der Waals surface area contributed by atoms with Crippen LogP contribution in [-0.4, -0.2) is 129 Å². The van der Waals surface area contributed by atoms with E-state index in [1.165, 1.54) is 13.8 Å². The summed E-state index contributed by atoms with van der Waals surface area (Å²) < 4.78 is 61.9. The lowest BCUT2D eigenvalue weighted by molar-refractivity contribution is -0.138. The number of Topliss-reactive ketones (excluding diaryl/α,β-unsaturated/α-hetero) is 1. The number of hydrogen-bond acceptors (Lipinski definition) is 18. The van der Waals surface area contributed by atoms with Crippen LogP contribution in [0.2, 0.25) is 0 Å². The first kappa shape index (κ1) is 46.1. The van der Waals surface area contributed by atoms with Crippen LogP contribution in [0.15, 0.2) is 12.7 Å². The number of rotatable bonds is 23. The molecule has 0 radical (unpaired) electrons. The molecule has 0 saturated carbocycles. The Bertz CT molecular complexity index is 1840. The van der Waals surface area contributed by atoms with Crippen molar-refractivity contribution in [3.05, 3.63) is 12.7 Å². The van der Waals surface area contributed by atoms with Crippen molar-refractivity contribution in [1.29, 1.82) is 0 Å². The first-order valence-electron chi connectivity index (χ1n) is 16.0. The second-order valence-corrected chi connectivity index (χ2v) is 16.8. The maximum Gasteiger partial charge on any atom is 0.481 e. The van der Waals surface area contributed by atoms with E-state index in [4.69, 9.17) is 24.6 Å². The Labute approximate surface area is 311 Å². The molecule has 55 heavy (non-hydrogen) atoms. The third-order valence-electron chi connectivity index (χ3n) is 7.65. The van der Waals surface area contributed by atoms with E-state index in [-0.39, 0.29) is 68.0 Å². The lowest BCUT2D eigenvalue weighted by atomic mass is 9.87. The smallest absolute Gasteiger partial charge is 0.481 e. The summed E-state index contributed by atoms with van der Waals surface area (Å²) in [6.07, 6.45) is -7.14. The number of phosphoric acid groups is 3. The second-order valence-electron chi connectivity index (χ2n) is 12.6. The Balaban J connectivity index is 1.49. The summed E-state index contributed by atoms with van der Waals surface area (Å²) in [6, 6.07) is 0. The van der Waals surface area contributed by atoms with Crippen LogP contribution in [0.3, 0.4) is 0 Å². The van der Waals surface area contributed by atoms with E-state index in [1.54, 1.807) is 0 Å². The fourth-order valence-corrected chi connectivity index (χ4v) is 7.65. The molecule has 0 bridgehead atoms. The number of hydrogen-bond donors (Lipinski definition) is 10. The Kier molecular flexibility index (Phi) is 16.1. The minimum Gasteiger partial charge on any atom is -0.481 e. The van der Waals surface area contributed by atoms with E-state index in [1.807, 2.05) is 0 Å². The summed E-state index contributed by atoms with van der Waals surface area (Å²) >= 11 is 0. The van der Waals surface area contributed by atoms with Gasteiger partial charge in [-0.3, -0.25) is 37.3 Å². The number of nitrogens with zero attached hydrogens (tertiary/aromatic N) is 4. The number of fused-ring (bicyclic) bond motifs is 1. The van der Waals surface area contributed by atoms with Gasteiger partial charge in [0.15, 0.2) is 17.7 Å². The van der Waals surface area contributed by atoms with Gasteiger partial charge in [0, 0.05) is 37.8 Å². The molecule has 1 aliphatic heterocycles. The molecule has 1 fully saturated rings. The number of phosphoric ester groups is 3. The van der Waals surface area contributed by atoms with Crippen LogP contribution in [0.1, 0.15) is 52.2 Å². The van der Waals surface area contributed by atoms with Gasteiger partial charge in [-0.05, 0) is 6.42 Å². The van der Waals surface area contributed by atoms with Crippen molar-refractivity contribution < 1.29 is 90.4 Å². The molecular formula is C26H42N7O19P3. The van der Waals surface area contributed by atoms with Crippen LogP contribution in [0.25, 0.3) is 11.2 Å². The normalized spacial score (nSPS) is 21.7. The molecule has 2 aromatic heterocycles. The zero-order chi connectivity index (χ0) is 41.4. The lowest BCUT2D eigenvalue weighted by Crippen LogP contribution is -2.46. The Hall–Kier alpha value is -3.32. The third kappa shape index (κ3) is 14.3.